The maximum Gasteiger partial charge on any atom is 0.287 e. The third-order valence-corrected chi connectivity index (χ3v) is 4.12. The Bertz CT molecular complexity index is 637. The molecule has 0 aliphatic rings. The van der Waals surface area contributed by atoms with Crippen LogP contribution in [0.2, 0.25) is 0 Å². The van der Waals surface area contributed by atoms with Crippen LogP contribution in [0.1, 0.15) is 31.3 Å². The zero-order valence-electron chi connectivity index (χ0n) is 10.8. The fourth-order valence-electron chi connectivity index (χ4n) is 1.56. The summed E-state index contributed by atoms with van der Waals surface area (Å²) in [4.78, 5) is 20.0. The fourth-order valence-corrected chi connectivity index (χ4v) is 2.57. The van der Waals surface area contributed by atoms with Gasteiger partial charge in [-0.25, -0.2) is 4.98 Å². The molecule has 0 fully saturated rings. The van der Waals surface area contributed by atoms with Gasteiger partial charge in [-0.15, -0.1) is 11.3 Å². The number of aromatic amines is 1. The SMILES string of the molecule is Cc1nc(-c2ccc(C(C)(C)C)s2)[nH]c(=O)c1F. The van der Waals surface area contributed by atoms with E-state index in [2.05, 4.69) is 30.7 Å². The Morgan fingerprint density at radius 1 is 1.33 bits per heavy atom. The maximum atomic E-state index is 13.2. The van der Waals surface area contributed by atoms with Gasteiger partial charge in [0.05, 0.1) is 10.6 Å². The molecule has 0 aliphatic carbocycles. The summed E-state index contributed by atoms with van der Waals surface area (Å²) in [5, 5.41) is 0. The largest absolute Gasteiger partial charge is 0.303 e. The highest BCUT2D eigenvalue weighted by atomic mass is 32.1. The summed E-state index contributed by atoms with van der Waals surface area (Å²) >= 11 is 1.56. The second-order valence-electron chi connectivity index (χ2n) is 5.23. The van der Waals surface area contributed by atoms with E-state index in [0.717, 1.165) is 4.88 Å². The number of H-pyrrole nitrogens is 1. The third kappa shape index (κ3) is 2.36. The van der Waals surface area contributed by atoms with Crippen LogP contribution in [-0.4, -0.2) is 9.97 Å². The Labute approximate surface area is 109 Å². The molecule has 2 rings (SSSR count). The highest BCUT2D eigenvalue weighted by molar-refractivity contribution is 7.15. The van der Waals surface area contributed by atoms with Crippen molar-refractivity contribution in [2.24, 2.45) is 0 Å². The van der Waals surface area contributed by atoms with Crippen molar-refractivity contribution in [1.29, 1.82) is 0 Å². The Kier molecular flexibility index (Phi) is 3.11. The molecular weight excluding hydrogens is 251 g/mol. The minimum absolute atomic E-state index is 0.0539. The van der Waals surface area contributed by atoms with E-state index in [0.29, 0.717) is 5.82 Å². The summed E-state index contributed by atoms with van der Waals surface area (Å²) in [7, 11) is 0. The van der Waals surface area contributed by atoms with E-state index in [1.165, 1.54) is 11.8 Å². The van der Waals surface area contributed by atoms with Crippen LogP contribution in [0.4, 0.5) is 4.39 Å². The molecule has 2 aromatic rings. The molecule has 0 saturated carbocycles. The molecule has 18 heavy (non-hydrogen) atoms. The van der Waals surface area contributed by atoms with Crippen molar-refractivity contribution in [3.63, 3.8) is 0 Å². The van der Waals surface area contributed by atoms with Gasteiger partial charge in [-0.2, -0.15) is 4.39 Å². The summed E-state index contributed by atoms with van der Waals surface area (Å²) < 4.78 is 13.2. The van der Waals surface area contributed by atoms with Crippen molar-refractivity contribution >= 4 is 11.3 Å². The normalized spacial score (nSPS) is 11.8. The molecule has 0 radical (unpaired) electrons. The van der Waals surface area contributed by atoms with Crippen LogP contribution in [0.5, 0.6) is 0 Å². The van der Waals surface area contributed by atoms with Gasteiger partial charge < -0.3 is 4.98 Å². The van der Waals surface area contributed by atoms with Gasteiger partial charge >= 0.3 is 0 Å². The molecule has 5 heteroatoms. The topological polar surface area (TPSA) is 45.8 Å². The van der Waals surface area contributed by atoms with Crippen LogP contribution in [0.15, 0.2) is 16.9 Å². The van der Waals surface area contributed by atoms with Crippen LogP contribution < -0.4 is 5.56 Å². The van der Waals surface area contributed by atoms with Crippen LogP contribution in [-0.2, 0) is 5.41 Å². The van der Waals surface area contributed by atoms with Gasteiger partial charge in [-0.1, -0.05) is 20.8 Å². The van der Waals surface area contributed by atoms with E-state index in [9.17, 15) is 9.18 Å². The summed E-state index contributed by atoms with van der Waals surface area (Å²) in [5.41, 5.74) is -0.541. The predicted molar refractivity (Wildman–Crippen MR) is 71.6 cm³/mol. The molecule has 0 aliphatic heterocycles. The van der Waals surface area contributed by atoms with Gasteiger partial charge in [0.25, 0.3) is 5.56 Å². The second-order valence-corrected chi connectivity index (χ2v) is 6.31. The Morgan fingerprint density at radius 3 is 2.50 bits per heavy atom. The van der Waals surface area contributed by atoms with Gasteiger partial charge in [-0.3, -0.25) is 4.79 Å². The lowest BCUT2D eigenvalue weighted by molar-refractivity contribution is 0.589. The lowest BCUT2D eigenvalue weighted by Gasteiger charge is -2.15. The molecule has 0 saturated heterocycles. The minimum atomic E-state index is -0.814. The molecule has 3 nitrogen and oxygen atoms in total. The standard InChI is InChI=1S/C13H15FN2OS/c1-7-10(14)12(17)16-11(15-7)8-5-6-9(18-8)13(2,3)4/h5-6H,1-4H3,(H,15,16,17). The van der Waals surface area contributed by atoms with Crippen molar-refractivity contribution < 1.29 is 4.39 Å². The molecule has 1 N–H and O–H groups in total. The van der Waals surface area contributed by atoms with Gasteiger partial charge in [0.1, 0.15) is 0 Å². The predicted octanol–water partition coefficient (Wildman–Crippen LogP) is 3.24. The molecule has 0 spiro atoms. The van der Waals surface area contributed by atoms with Crippen molar-refractivity contribution in [1.82, 2.24) is 9.97 Å². The number of aromatic nitrogens is 2. The van der Waals surface area contributed by atoms with Crippen molar-refractivity contribution in [2.75, 3.05) is 0 Å². The summed E-state index contributed by atoms with van der Waals surface area (Å²) in [5.74, 6) is -0.384. The summed E-state index contributed by atoms with van der Waals surface area (Å²) in [6.07, 6.45) is 0. The van der Waals surface area contributed by atoms with Crippen LogP contribution in [0.25, 0.3) is 10.7 Å². The van der Waals surface area contributed by atoms with E-state index < -0.39 is 11.4 Å². The molecule has 0 unspecified atom stereocenters. The number of nitrogens with zero attached hydrogens (tertiary/aromatic N) is 1. The van der Waals surface area contributed by atoms with E-state index in [4.69, 9.17) is 0 Å². The van der Waals surface area contributed by atoms with E-state index in [1.807, 2.05) is 12.1 Å². The zero-order valence-corrected chi connectivity index (χ0v) is 11.6. The number of halogens is 1. The smallest absolute Gasteiger partial charge is 0.287 e. The molecule has 2 heterocycles. The number of hydrogen-bond donors (Lipinski definition) is 1. The Morgan fingerprint density at radius 2 is 2.00 bits per heavy atom. The van der Waals surface area contributed by atoms with E-state index >= 15 is 0 Å². The van der Waals surface area contributed by atoms with Gasteiger partial charge in [0.15, 0.2) is 5.82 Å². The highest BCUT2D eigenvalue weighted by Crippen LogP contribution is 2.33. The van der Waals surface area contributed by atoms with Gasteiger partial charge in [0.2, 0.25) is 5.82 Å². The summed E-state index contributed by atoms with van der Waals surface area (Å²) in [6.45, 7) is 7.85. The fraction of sp³-hybridized carbons (Fsp3) is 0.385. The quantitative estimate of drug-likeness (QED) is 0.861. The monoisotopic (exact) mass is 266 g/mol. The maximum absolute atomic E-state index is 13.2. The van der Waals surface area contributed by atoms with Crippen molar-refractivity contribution in [3.05, 3.63) is 38.9 Å². The molecule has 96 valence electrons. The Hall–Kier alpha value is -1.49. The number of rotatable bonds is 1. The number of nitrogens with one attached hydrogen (secondary N) is 1. The van der Waals surface area contributed by atoms with Crippen molar-refractivity contribution in [3.8, 4) is 10.7 Å². The van der Waals surface area contributed by atoms with Crippen molar-refractivity contribution in [2.45, 2.75) is 33.1 Å². The first kappa shape index (κ1) is 13.0. The lowest BCUT2D eigenvalue weighted by atomic mass is 9.95. The van der Waals surface area contributed by atoms with E-state index in [1.54, 1.807) is 11.3 Å². The first-order chi connectivity index (χ1) is 8.29. The average Bonchev–Trinajstić information content (AvgIpc) is 2.73. The number of aryl methyl sites for hydroxylation is 1. The minimum Gasteiger partial charge on any atom is -0.303 e. The van der Waals surface area contributed by atoms with Crippen LogP contribution in [0.3, 0.4) is 0 Å². The Balaban J connectivity index is 2.50. The third-order valence-electron chi connectivity index (χ3n) is 2.61. The first-order valence-electron chi connectivity index (χ1n) is 5.66. The number of thiophene rings is 1. The first-order valence-corrected chi connectivity index (χ1v) is 6.48. The molecular formula is C13H15FN2OS. The zero-order chi connectivity index (χ0) is 13.5. The molecule has 0 amide bonds. The van der Waals surface area contributed by atoms with Gasteiger partial charge in [-0.05, 0) is 24.5 Å². The average molecular weight is 266 g/mol. The molecule has 0 aromatic carbocycles. The second kappa shape index (κ2) is 4.31. The van der Waals surface area contributed by atoms with Crippen LogP contribution in [0, 0.1) is 12.7 Å². The molecule has 2 aromatic heterocycles. The highest BCUT2D eigenvalue weighted by Gasteiger charge is 2.18. The molecule has 0 bridgehead atoms. The number of hydrogen-bond acceptors (Lipinski definition) is 3. The van der Waals surface area contributed by atoms with Gasteiger partial charge in [0, 0.05) is 4.88 Å². The van der Waals surface area contributed by atoms with Crippen LogP contribution >= 0.6 is 11.3 Å². The van der Waals surface area contributed by atoms with E-state index in [-0.39, 0.29) is 11.1 Å². The summed E-state index contributed by atoms with van der Waals surface area (Å²) in [6, 6.07) is 3.92. The lowest BCUT2D eigenvalue weighted by Crippen LogP contribution is -2.15. The molecule has 0 atom stereocenters.